The summed E-state index contributed by atoms with van der Waals surface area (Å²) in [5.74, 6) is -0.550. The zero-order chi connectivity index (χ0) is 10.3. The molecule has 0 spiro atoms. The lowest BCUT2D eigenvalue weighted by atomic mass is 9.91. The van der Waals surface area contributed by atoms with Gasteiger partial charge in [0.2, 0.25) is 0 Å². The minimum absolute atomic E-state index is 0.194. The molecule has 1 N–H and O–H groups in total. The molecule has 0 aliphatic carbocycles. The first-order valence-electron chi connectivity index (χ1n) is 4.38. The van der Waals surface area contributed by atoms with Crippen molar-refractivity contribution in [1.29, 1.82) is 0 Å². The zero-order valence-electron chi connectivity index (χ0n) is 8.07. The molecule has 14 heavy (non-hydrogen) atoms. The van der Waals surface area contributed by atoms with Gasteiger partial charge < -0.3 is 9.84 Å². The van der Waals surface area contributed by atoms with Gasteiger partial charge in [0, 0.05) is 11.6 Å². The van der Waals surface area contributed by atoms with Crippen LogP contribution in [0.1, 0.15) is 29.9 Å². The summed E-state index contributed by atoms with van der Waals surface area (Å²) in [6.07, 6.45) is 1.51. The Labute approximate surface area is 81.5 Å². The fourth-order valence-electron chi connectivity index (χ4n) is 1.57. The minimum atomic E-state index is -0.971. The Bertz CT molecular complexity index is 398. The van der Waals surface area contributed by atoms with Gasteiger partial charge in [-0.1, -0.05) is 13.8 Å². The molecule has 1 aliphatic rings. The summed E-state index contributed by atoms with van der Waals surface area (Å²) in [6.45, 7) is 4.45. The average molecular weight is 193 g/mol. The maximum absolute atomic E-state index is 10.9. The van der Waals surface area contributed by atoms with Crippen molar-refractivity contribution in [3.63, 3.8) is 0 Å². The van der Waals surface area contributed by atoms with Crippen LogP contribution in [0.3, 0.4) is 0 Å². The smallest absolute Gasteiger partial charge is 0.339 e. The quantitative estimate of drug-likeness (QED) is 0.733. The van der Waals surface area contributed by atoms with Crippen LogP contribution in [0.15, 0.2) is 12.3 Å². The number of nitrogens with zero attached hydrogens (tertiary/aromatic N) is 1. The highest BCUT2D eigenvalue weighted by molar-refractivity contribution is 5.91. The Morgan fingerprint density at radius 3 is 3.00 bits per heavy atom. The Hall–Kier alpha value is -1.58. The molecule has 0 bridgehead atoms. The van der Waals surface area contributed by atoms with Crippen molar-refractivity contribution in [1.82, 2.24) is 4.98 Å². The van der Waals surface area contributed by atoms with Crippen molar-refractivity contribution >= 4 is 5.97 Å². The van der Waals surface area contributed by atoms with Crippen LogP contribution in [-0.2, 0) is 5.41 Å². The number of carboxylic acids is 1. The first-order valence-corrected chi connectivity index (χ1v) is 4.38. The summed E-state index contributed by atoms with van der Waals surface area (Å²) in [7, 11) is 0. The third kappa shape index (κ3) is 1.14. The monoisotopic (exact) mass is 193 g/mol. The van der Waals surface area contributed by atoms with E-state index < -0.39 is 5.97 Å². The average Bonchev–Trinajstić information content (AvgIpc) is 2.42. The van der Waals surface area contributed by atoms with E-state index in [2.05, 4.69) is 4.98 Å². The summed E-state index contributed by atoms with van der Waals surface area (Å²) in [4.78, 5) is 15.0. The van der Waals surface area contributed by atoms with Crippen molar-refractivity contribution < 1.29 is 14.6 Å². The fourth-order valence-corrected chi connectivity index (χ4v) is 1.57. The predicted molar refractivity (Wildman–Crippen MR) is 49.7 cm³/mol. The number of rotatable bonds is 1. The molecule has 4 heteroatoms. The Balaban J connectivity index is 2.61. The number of aromatic carboxylic acids is 1. The molecule has 1 aliphatic heterocycles. The van der Waals surface area contributed by atoms with E-state index in [0.717, 1.165) is 5.69 Å². The van der Waals surface area contributed by atoms with Crippen LogP contribution in [0, 0.1) is 0 Å². The molecule has 0 saturated heterocycles. The van der Waals surface area contributed by atoms with Gasteiger partial charge in [-0.05, 0) is 6.07 Å². The second-order valence-corrected chi connectivity index (χ2v) is 4.01. The molecule has 74 valence electrons. The van der Waals surface area contributed by atoms with Crippen LogP contribution in [0.25, 0.3) is 0 Å². The van der Waals surface area contributed by atoms with E-state index >= 15 is 0 Å². The molecule has 2 rings (SSSR count). The lowest BCUT2D eigenvalue weighted by Gasteiger charge is -2.13. The second kappa shape index (κ2) is 2.70. The number of carbonyl (C=O) groups is 1. The predicted octanol–water partition coefficient (Wildman–Crippen LogP) is 1.45. The fraction of sp³-hybridized carbons (Fsp3) is 0.400. The van der Waals surface area contributed by atoms with E-state index in [4.69, 9.17) is 9.84 Å². The largest absolute Gasteiger partial charge is 0.490 e. The molecule has 0 amide bonds. The number of hydrogen-bond acceptors (Lipinski definition) is 3. The molecule has 0 aromatic carbocycles. The summed E-state index contributed by atoms with van der Waals surface area (Å²) in [5.41, 5.74) is 0.735. The number of fused-ring (bicyclic) bond motifs is 1. The topological polar surface area (TPSA) is 59.4 Å². The Morgan fingerprint density at radius 1 is 1.64 bits per heavy atom. The SMILES string of the molecule is CC1(C)COc2c(C(=O)O)ccnc21. The van der Waals surface area contributed by atoms with Gasteiger partial charge in [-0.3, -0.25) is 4.98 Å². The number of aromatic nitrogens is 1. The lowest BCUT2D eigenvalue weighted by Crippen LogP contribution is -2.19. The first-order chi connectivity index (χ1) is 6.52. The zero-order valence-corrected chi connectivity index (χ0v) is 8.07. The molecular weight excluding hydrogens is 182 g/mol. The van der Waals surface area contributed by atoms with Gasteiger partial charge in [-0.25, -0.2) is 4.79 Å². The Morgan fingerprint density at radius 2 is 2.36 bits per heavy atom. The van der Waals surface area contributed by atoms with Gasteiger partial charge in [0.15, 0.2) is 5.75 Å². The van der Waals surface area contributed by atoms with E-state index in [0.29, 0.717) is 12.4 Å². The maximum atomic E-state index is 10.9. The van der Waals surface area contributed by atoms with Gasteiger partial charge in [0.1, 0.15) is 5.56 Å². The molecule has 1 aromatic heterocycles. The summed E-state index contributed by atoms with van der Waals surface area (Å²) < 4.78 is 5.36. The van der Waals surface area contributed by atoms with E-state index in [-0.39, 0.29) is 11.0 Å². The van der Waals surface area contributed by atoms with Gasteiger partial charge in [0.05, 0.1) is 12.3 Å². The van der Waals surface area contributed by atoms with E-state index in [1.54, 1.807) is 0 Å². The molecule has 4 nitrogen and oxygen atoms in total. The van der Waals surface area contributed by atoms with Gasteiger partial charge in [0.25, 0.3) is 0 Å². The van der Waals surface area contributed by atoms with Crippen molar-refractivity contribution in [2.24, 2.45) is 0 Å². The molecule has 0 atom stereocenters. The molecule has 0 saturated carbocycles. The van der Waals surface area contributed by atoms with Crippen LogP contribution in [0.5, 0.6) is 5.75 Å². The van der Waals surface area contributed by atoms with Crippen molar-refractivity contribution in [2.45, 2.75) is 19.3 Å². The summed E-state index contributed by atoms with van der Waals surface area (Å²) in [6, 6.07) is 1.46. The van der Waals surface area contributed by atoms with Crippen LogP contribution >= 0.6 is 0 Å². The van der Waals surface area contributed by atoms with Crippen LogP contribution in [0.2, 0.25) is 0 Å². The highest BCUT2D eigenvalue weighted by Crippen LogP contribution is 2.38. The number of ether oxygens (including phenoxy) is 1. The molecule has 0 fully saturated rings. The van der Waals surface area contributed by atoms with Crippen molar-refractivity contribution in [3.05, 3.63) is 23.5 Å². The molecule has 0 unspecified atom stereocenters. The molecule has 2 heterocycles. The third-order valence-electron chi connectivity index (χ3n) is 2.35. The van der Waals surface area contributed by atoms with Crippen LogP contribution in [0.4, 0.5) is 0 Å². The van der Waals surface area contributed by atoms with E-state index in [1.165, 1.54) is 12.3 Å². The summed E-state index contributed by atoms with van der Waals surface area (Å²) >= 11 is 0. The van der Waals surface area contributed by atoms with E-state index in [9.17, 15) is 4.79 Å². The lowest BCUT2D eigenvalue weighted by molar-refractivity contribution is 0.0693. The van der Waals surface area contributed by atoms with E-state index in [1.807, 2.05) is 13.8 Å². The minimum Gasteiger partial charge on any atom is -0.490 e. The van der Waals surface area contributed by atoms with Crippen LogP contribution < -0.4 is 4.74 Å². The highest BCUT2D eigenvalue weighted by Gasteiger charge is 2.36. The standard InChI is InChI=1S/C10H11NO3/c1-10(2)5-14-7-6(9(12)13)3-4-11-8(7)10/h3-4H,5H2,1-2H3,(H,12,13). The van der Waals surface area contributed by atoms with Crippen molar-refractivity contribution in [3.8, 4) is 5.75 Å². The number of carboxylic acid groups (broad SMARTS) is 1. The number of pyridine rings is 1. The highest BCUT2D eigenvalue weighted by atomic mass is 16.5. The van der Waals surface area contributed by atoms with Gasteiger partial charge >= 0.3 is 5.97 Å². The molecule has 0 radical (unpaired) electrons. The Kier molecular flexibility index (Phi) is 1.74. The summed E-state index contributed by atoms with van der Waals surface area (Å²) in [5, 5.41) is 8.91. The molecular formula is C10H11NO3. The molecule has 1 aromatic rings. The van der Waals surface area contributed by atoms with Gasteiger partial charge in [-0.15, -0.1) is 0 Å². The first kappa shape index (κ1) is 8.99. The third-order valence-corrected chi connectivity index (χ3v) is 2.35. The number of hydrogen-bond donors (Lipinski definition) is 1. The van der Waals surface area contributed by atoms with Crippen LogP contribution in [-0.4, -0.2) is 22.7 Å². The maximum Gasteiger partial charge on any atom is 0.339 e. The van der Waals surface area contributed by atoms with Gasteiger partial charge in [-0.2, -0.15) is 0 Å². The van der Waals surface area contributed by atoms with Crippen molar-refractivity contribution in [2.75, 3.05) is 6.61 Å². The normalized spacial score (nSPS) is 17.3. The second-order valence-electron chi connectivity index (χ2n) is 4.01.